The summed E-state index contributed by atoms with van der Waals surface area (Å²) >= 11 is 0. The van der Waals surface area contributed by atoms with Gasteiger partial charge < -0.3 is 11.1 Å². The summed E-state index contributed by atoms with van der Waals surface area (Å²) < 4.78 is 0. The highest BCUT2D eigenvalue weighted by Crippen LogP contribution is 2.43. The standard InChI is InChI=1S/C11H22N2/c1-2-10(4-3-5-10)8-13-9-11(12)6-7-11/h13H,2-9,12H2,1H3. The van der Waals surface area contributed by atoms with Crippen molar-refractivity contribution in [1.29, 1.82) is 0 Å². The normalized spacial score (nSPS) is 28.2. The molecular formula is C11H22N2. The Morgan fingerprint density at radius 3 is 2.23 bits per heavy atom. The van der Waals surface area contributed by atoms with E-state index in [9.17, 15) is 0 Å². The van der Waals surface area contributed by atoms with E-state index in [-0.39, 0.29) is 5.54 Å². The molecule has 2 fully saturated rings. The van der Waals surface area contributed by atoms with Gasteiger partial charge in [-0.3, -0.25) is 0 Å². The highest BCUT2D eigenvalue weighted by Gasteiger charge is 2.39. The fraction of sp³-hybridized carbons (Fsp3) is 1.00. The molecule has 0 aromatic carbocycles. The summed E-state index contributed by atoms with van der Waals surface area (Å²) in [4.78, 5) is 0. The van der Waals surface area contributed by atoms with E-state index in [4.69, 9.17) is 5.73 Å². The van der Waals surface area contributed by atoms with E-state index < -0.39 is 0 Å². The van der Waals surface area contributed by atoms with Gasteiger partial charge in [-0.1, -0.05) is 13.3 Å². The van der Waals surface area contributed by atoms with Gasteiger partial charge in [0.15, 0.2) is 0 Å². The second-order valence-electron chi connectivity index (χ2n) is 5.17. The number of rotatable bonds is 5. The van der Waals surface area contributed by atoms with E-state index in [1.54, 1.807) is 0 Å². The van der Waals surface area contributed by atoms with Crippen molar-refractivity contribution in [2.45, 2.75) is 51.0 Å². The molecule has 0 bridgehead atoms. The minimum absolute atomic E-state index is 0.179. The molecule has 2 aliphatic rings. The lowest BCUT2D eigenvalue weighted by Crippen LogP contribution is -2.44. The van der Waals surface area contributed by atoms with E-state index in [2.05, 4.69) is 12.2 Å². The van der Waals surface area contributed by atoms with Crippen LogP contribution in [0.5, 0.6) is 0 Å². The van der Waals surface area contributed by atoms with Gasteiger partial charge in [-0.25, -0.2) is 0 Å². The monoisotopic (exact) mass is 182 g/mol. The van der Waals surface area contributed by atoms with Gasteiger partial charge in [0.1, 0.15) is 0 Å². The van der Waals surface area contributed by atoms with Crippen molar-refractivity contribution in [2.75, 3.05) is 13.1 Å². The zero-order valence-corrected chi connectivity index (χ0v) is 8.73. The Kier molecular flexibility index (Phi) is 2.37. The van der Waals surface area contributed by atoms with Gasteiger partial charge in [-0.05, 0) is 37.5 Å². The number of hydrogen-bond donors (Lipinski definition) is 2. The Bertz CT molecular complexity index is 175. The molecule has 2 nitrogen and oxygen atoms in total. The Morgan fingerprint density at radius 2 is 1.85 bits per heavy atom. The van der Waals surface area contributed by atoms with Crippen LogP contribution in [0, 0.1) is 5.41 Å². The second kappa shape index (κ2) is 3.25. The van der Waals surface area contributed by atoms with Crippen LogP contribution >= 0.6 is 0 Å². The molecule has 76 valence electrons. The smallest absolute Gasteiger partial charge is 0.0282 e. The molecule has 0 amide bonds. The van der Waals surface area contributed by atoms with Crippen molar-refractivity contribution >= 4 is 0 Å². The SMILES string of the molecule is CCC1(CNCC2(N)CC2)CCC1. The van der Waals surface area contributed by atoms with Gasteiger partial charge in [-0.2, -0.15) is 0 Å². The molecule has 0 atom stereocenters. The van der Waals surface area contributed by atoms with Crippen LogP contribution in [0.15, 0.2) is 0 Å². The maximum atomic E-state index is 6.01. The van der Waals surface area contributed by atoms with Crippen molar-refractivity contribution in [3.05, 3.63) is 0 Å². The lowest BCUT2D eigenvalue weighted by molar-refractivity contribution is 0.123. The van der Waals surface area contributed by atoms with Gasteiger partial charge >= 0.3 is 0 Å². The molecule has 3 N–H and O–H groups in total. The first-order valence-corrected chi connectivity index (χ1v) is 5.68. The Morgan fingerprint density at radius 1 is 1.15 bits per heavy atom. The zero-order chi connectivity index (χ0) is 9.36. The van der Waals surface area contributed by atoms with Gasteiger partial charge in [-0.15, -0.1) is 0 Å². The third-order valence-electron chi connectivity index (χ3n) is 4.03. The molecule has 0 spiro atoms. The minimum Gasteiger partial charge on any atom is -0.324 e. The van der Waals surface area contributed by atoms with E-state index in [1.165, 1.54) is 45.1 Å². The van der Waals surface area contributed by atoms with E-state index in [1.807, 2.05) is 0 Å². The average Bonchev–Trinajstić information content (AvgIpc) is 2.75. The summed E-state index contributed by atoms with van der Waals surface area (Å²) in [6.07, 6.45) is 8.06. The lowest BCUT2D eigenvalue weighted by atomic mass is 9.67. The van der Waals surface area contributed by atoms with Crippen LogP contribution in [0.3, 0.4) is 0 Å². The van der Waals surface area contributed by atoms with Crippen LogP contribution in [0.25, 0.3) is 0 Å². The van der Waals surface area contributed by atoms with Crippen molar-refractivity contribution in [3.63, 3.8) is 0 Å². The number of nitrogens with one attached hydrogen (secondary N) is 1. The van der Waals surface area contributed by atoms with Crippen molar-refractivity contribution in [3.8, 4) is 0 Å². The van der Waals surface area contributed by atoms with Crippen LogP contribution in [-0.4, -0.2) is 18.6 Å². The first kappa shape index (κ1) is 9.47. The van der Waals surface area contributed by atoms with Crippen LogP contribution in [0.2, 0.25) is 0 Å². The fourth-order valence-electron chi connectivity index (χ4n) is 2.25. The quantitative estimate of drug-likeness (QED) is 0.678. The molecule has 13 heavy (non-hydrogen) atoms. The Labute approximate surface area is 81.3 Å². The third kappa shape index (κ3) is 2.05. The summed E-state index contributed by atoms with van der Waals surface area (Å²) in [6.45, 7) is 4.55. The summed E-state index contributed by atoms with van der Waals surface area (Å²) in [5.74, 6) is 0. The molecule has 0 heterocycles. The van der Waals surface area contributed by atoms with E-state index >= 15 is 0 Å². The highest BCUT2D eigenvalue weighted by atomic mass is 15.0. The van der Waals surface area contributed by atoms with Crippen molar-refractivity contribution in [2.24, 2.45) is 11.1 Å². The van der Waals surface area contributed by atoms with Crippen molar-refractivity contribution in [1.82, 2.24) is 5.32 Å². The average molecular weight is 182 g/mol. The van der Waals surface area contributed by atoms with Gasteiger partial charge in [0, 0.05) is 18.6 Å². The van der Waals surface area contributed by atoms with Gasteiger partial charge in [0.05, 0.1) is 0 Å². The summed E-state index contributed by atoms with van der Waals surface area (Å²) in [5, 5.41) is 3.56. The predicted molar refractivity (Wildman–Crippen MR) is 55.6 cm³/mol. The topological polar surface area (TPSA) is 38.0 Å². The molecule has 2 aliphatic carbocycles. The zero-order valence-electron chi connectivity index (χ0n) is 8.73. The first-order chi connectivity index (χ1) is 6.18. The third-order valence-corrected chi connectivity index (χ3v) is 4.03. The molecule has 0 aromatic heterocycles. The molecule has 2 rings (SSSR count). The molecular weight excluding hydrogens is 160 g/mol. The Balaban J connectivity index is 1.66. The molecule has 0 saturated heterocycles. The van der Waals surface area contributed by atoms with Gasteiger partial charge in [0.2, 0.25) is 0 Å². The molecule has 2 heteroatoms. The van der Waals surface area contributed by atoms with Crippen LogP contribution in [0.1, 0.15) is 45.4 Å². The first-order valence-electron chi connectivity index (χ1n) is 5.68. The highest BCUT2D eigenvalue weighted by molar-refractivity contribution is 5.01. The maximum Gasteiger partial charge on any atom is 0.0282 e. The maximum absolute atomic E-state index is 6.01. The van der Waals surface area contributed by atoms with Crippen molar-refractivity contribution < 1.29 is 0 Å². The lowest BCUT2D eigenvalue weighted by Gasteiger charge is -2.41. The summed E-state index contributed by atoms with van der Waals surface area (Å²) in [5.41, 5.74) is 6.84. The summed E-state index contributed by atoms with van der Waals surface area (Å²) in [7, 11) is 0. The van der Waals surface area contributed by atoms with E-state index in [0.29, 0.717) is 5.41 Å². The second-order valence-corrected chi connectivity index (χ2v) is 5.17. The molecule has 2 saturated carbocycles. The number of nitrogens with two attached hydrogens (primary N) is 1. The molecule has 0 aromatic rings. The Hall–Kier alpha value is -0.0800. The van der Waals surface area contributed by atoms with Gasteiger partial charge in [0.25, 0.3) is 0 Å². The largest absolute Gasteiger partial charge is 0.324 e. The predicted octanol–water partition coefficient (Wildman–Crippen LogP) is 1.65. The van der Waals surface area contributed by atoms with Crippen LogP contribution in [-0.2, 0) is 0 Å². The molecule has 0 unspecified atom stereocenters. The van der Waals surface area contributed by atoms with Crippen LogP contribution in [0.4, 0.5) is 0 Å². The molecule has 0 aliphatic heterocycles. The summed E-state index contributed by atoms with van der Waals surface area (Å²) in [6, 6.07) is 0. The molecule has 0 radical (unpaired) electrons. The number of hydrogen-bond acceptors (Lipinski definition) is 2. The minimum atomic E-state index is 0.179. The fourth-order valence-corrected chi connectivity index (χ4v) is 2.25. The van der Waals surface area contributed by atoms with Crippen LogP contribution < -0.4 is 11.1 Å². The van der Waals surface area contributed by atoms with E-state index in [0.717, 1.165) is 6.54 Å².